The molecule has 176 valence electrons. The fraction of sp³-hybridized carbons (Fsp3) is 0.867. The zero-order valence-corrected chi connectivity index (χ0v) is 21.6. The summed E-state index contributed by atoms with van der Waals surface area (Å²) in [5, 5.41) is 10.5. The standard InChI is InChI=1S/C30H50O/c1-8-22(19(2)3)10-9-20(4)24-13-14-26-23-11-12-25-21(5)28(31)16-18-30(25,7)27(23)15-17-29(24,26)6/h10,19-21,24-26,28,31H,8-9,11-18H2,1-7H3/b22-10+/t20-,21+,24-,25+,26+,28+,29-,30+/m1/s1. The molecule has 4 rings (SSSR count). The van der Waals surface area contributed by atoms with Crippen LogP contribution < -0.4 is 0 Å². The van der Waals surface area contributed by atoms with Gasteiger partial charge in [0, 0.05) is 0 Å². The van der Waals surface area contributed by atoms with Crippen molar-refractivity contribution in [2.75, 3.05) is 0 Å². The molecular weight excluding hydrogens is 376 g/mol. The van der Waals surface area contributed by atoms with Gasteiger partial charge in [-0.25, -0.2) is 0 Å². The molecule has 1 nitrogen and oxygen atoms in total. The fourth-order valence-corrected chi connectivity index (χ4v) is 9.17. The van der Waals surface area contributed by atoms with Gasteiger partial charge >= 0.3 is 0 Å². The number of fused-ring (bicyclic) bond motifs is 4. The molecule has 4 aliphatic rings. The first-order valence-corrected chi connectivity index (χ1v) is 13.7. The molecule has 0 saturated heterocycles. The van der Waals surface area contributed by atoms with Crippen LogP contribution in [0, 0.1) is 46.3 Å². The summed E-state index contributed by atoms with van der Waals surface area (Å²) >= 11 is 0. The van der Waals surface area contributed by atoms with E-state index < -0.39 is 0 Å². The Bertz CT molecular complexity index is 729. The van der Waals surface area contributed by atoms with Crippen LogP contribution in [-0.2, 0) is 0 Å². The summed E-state index contributed by atoms with van der Waals surface area (Å²) in [5.74, 6) is 4.38. The molecule has 0 spiro atoms. The first-order valence-electron chi connectivity index (χ1n) is 13.7. The summed E-state index contributed by atoms with van der Waals surface area (Å²) in [6, 6.07) is 0. The van der Waals surface area contributed by atoms with E-state index in [2.05, 4.69) is 54.5 Å². The van der Waals surface area contributed by atoms with Crippen molar-refractivity contribution in [2.24, 2.45) is 46.3 Å². The highest BCUT2D eigenvalue weighted by atomic mass is 16.3. The molecule has 0 heterocycles. The lowest BCUT2D eigenvalue weighted by molar-refractivity contribution is -0.0335. The van der Waals surface area contributed by atoms with Gasteiger partial charge in [0.25, 0.3) is 0 Å². The van der Waals surface area contributed by atoms with Gasteiger partial charge in [0.15, 0.2) is 0 Å². The van der Waals surface area contributed by atoms with Crippen molar-refractivity contribution in [3.8, 4) is 0 Å². The fourth-order valence-electron chi connectivity index (χ4n) is 9.17. The van der Waals surface area contributed by atoms with E-state index in [9.17, 15) is 5.11 Å². The molecule has 0 aromatic heterocycles. The highest BCUT2D eigenvalue weighted by Crippen LogP contribution is 2.66. The third-order valence-electron chi connectivity index (χ3n) is 11.2. The normalized spacial score (nSPS) is 44.2. The molecule has 0 amide bonds. The average Bonchev–Trinajstić information content (AvgIpc) is 3.08. The molecule has 0 aliphatic heterocycles. The van der Waals surface area contributed by atoms with Crippen LogP contribution >= 0.6 is 0 Å². The number of rotatable bonds is 5. The number of aliphatic hydroxyl groups excluding tert-OH is 1. The van der Waals surface area contributed by atoms with Crippen LogP contribution in [0.15, 0.2) is 22.8 Å². The van der Waals surface area contributed by atoms with E-state index in [0.29, 0.717) is 28.6 Å². The van der Waals surface area contributed by atoms with Gasteiger partial charge in [0.05, 0.1) is 6.10 Å². The highest BCUT2D eigenvalue weighted by Gasteiger charge is 2.56. The summed E-state index contributed by atoms with van der Waals surface area (Å²) in [4.78, 5) is 0. The van der Waals surface area contributed by atoms with E-state index in [1.807, 2.05) is 11.1 Å². The van der Waals surface area contributed by atoms with Crippen molar-refractivity contribution in [1.82, 2.24) is 0 Å². The van der Waals surface area contributed by atoms with Crippen LogP contribution in [0.1, 0.15) is 113 Å². The van der Waals surface area contributed by atoms with Crippen molar-refractivity contribution in [3.63, 3.8) is 0 Å². The predicted octanol–water partition coefficient (Wildman–Crippen LogP) is 8.34. The predicted molar refractivity (Wildman–Crippen MR) is 133 cm³/mol. The second-order valence-corrected chi connectivity index (χ2v) is 12.8. The van der Waals surface area contributed by atoms with Gasteiger partial charge in [0.2, 0.25) is 0 Å². The number of hydrogen-bond acceptors (Lipinski definition) is 1. The second-order valence-electron chi connectivity index (χ2n) is 12.8. The van der Waals surface area contributed by atoms with Gasteiger partial charge in [-0.15, -0.1) is 0 Å². The Balaban J connectivity index is 1.56. The highest BCUT2D eigenvalue weighted by molar-refractivity contribution is 5.34. The minimum Gasteiger partial charge on any atom is -0.393 e. The molecule has 31 heavy (non-hydrogen) atoms. The maximum absolute atomic E-state index is 10.5. The molecule has 4 aliphatic carbocycles. The van der Waals surface area contributed by atoms with Gasteiger partial charge < -0.3 is 5.11 Å². The van der Waals surface area contributed by atoms with E-state index in [1.165, 1.54) is 57.8 Å². The van der Waals surface area contributed by atoms with E-state index in [4.69, 9.17) is 0 Å². The van der Waals surface area contributed by atoms with Crippen molar-refractivity contribution in [2.45, 2.75) is 119 Å². The molecule has 0 aromatic rings. The van der Waals surface area contributed by atoms with Crippen LogP contribution in [0.3, 0.4) is 0 Å². The Morgan fingerprint density at radius 3 is 2.48 bits per heavy atom. The summed E-state index contributed by atoms with van der Waals surface area (Å²) in [5.41, 5.74) is 6.30. The Morgan fingerprint density at radius 2 is 1.81 bits per heavy atom. The maximum Gasteiger partial charge on any atom is 0.0569 e. The van der Waals surface area contributed by atoms with E-state index in [-0.39, 0.29) is 6.10 Å². The Labute approximate surface area is 193 Å². The third kappa shape index (κ3) is 3.79. The van der Waals surface area contributed by atoms with Crippen LogP contribution in [0.2, 0.25) is 0 Å². The monoisotopic (exact) mass is 426 g/mol. The SMILES string of the molecule is CC/C(=C\C[C@@H](C)[C@H]1CC[C@H]2C3=C(CC[C@]12C)[C@@]1(C)CC[C@H](O)[C@@H](C)[C@@H]1CC3)C(C)C. The van der Waals surface area contributed by atoms with Crippen LogP contribution in [0.5, 0.6) is 0 Å². The molecule has 1 heteroatoms. The molecule has 0 unspecified atom stereocenters. The number of hydrogen-bond donors (Lipinski definition) is 1. The smallest absolute Gasteiger partial charge is 0.0569 e. The molecule has 0 radical (unpaired) electrons. The molecule has 0 bridgehead atoms. The van der Waals surface area contributed by atoms with Crippen molar-refractivity contribution in [3.05, 3.63) is 22.8 Å². The number of allylic oxidation sites excluding steroid dienone is 4. The van der Waals surface area contributed by atoms with Gasteiger partial charge in [-0.2, -0.15) is 0 Å². The zero-order chi connectivity index (χ0) is 22.6. The van der Waals surface area contributed by atoms with E-state index in [1.54, 1.807) is 5.57 Å². The molecule has 2 saturated carbocycles. The lowest BCUT2D eigenvalue weighted by Crippen LogP contribution is -2.49. The summed E-state index contributed by atoms with van der Waals surface area (Å²) in [7, 11) is 0. The molecule has 0 aromatic carbocycles. The van der Waals surface area contributed by atoms with Gasteiger partial charge in [-0.1, -0.05) is 71.3 Å². The summed E-state index contributed by atoms with van der Waals surface area (Å²) in [6.45, 7) is 17.1. The Kier molecular flexibility index (Phi) is 6.59. The van der Waals surface area contributed by atoms with Crippen molar-refractivity contribution in [1.29, 1.82) is 0 Å². The maximum atomic E-state index is 10.5. The lowest BCUT2D eigenvalue weighted by atomic mass is 9.49. The molecule has 1 N–H and O–H groups in total. The quantitative estimate of drug-likeness (QED) is 0.438. The first kappa shape index (κ1) is 23.6. The minimum atomic E-state index is -0.0716. The molecular formula is C30H50O. The van der Waals surface area contributed by atoms with Crippen molar-refractivity contribution >= 4 is 0 Å². The molecule has 2 fully saturated rings. The average molecular weight is 427 g/mol. The van der Waals surface area contributed by atoms with Crippen molar-refractivity contribution < 1.29 is 5.11 Å². The van der Waals surface area contributed by atoms with Crippen LogP contribution in [0.4, 0.5) is 0 Å². The van der Waals surface area contributed by atoms with Gasteiger partial charge in [-0.3, -0.25) is 0 Å². The van der Waals surface area contributed by atoms with Gasteiger partial charge in [0.1, 0.15) is 0 Å². The zero-order valence-electron chi connectivity index (χ0n) is 21.6. The summed E-state index contributed by atoms with van der Waals surface area (Å²) in [6.07, 6.45) is 15.5. The second kappa shape index (κ2) is 8.66. The lowest BCUT2D eigenvalue weighted by Gasteiger charge is -2.56. The van der Waals surface area contributed by atoms with E-state index in [0.717, 1.165) is 24.2 Å². The number of aliphatic hydroxyl groups is 1. The largest absolute Gasteiger partial charge is 0.393 e. The summed E-state index contributed by atoms with van der Waals surface area (Å²) < 4.78 is 0. The first-order chi connectivity index (χ1) is 14.6. The Morgan fingerprint density at radius 1 is 1.06 bits per heavy atom. The van der Waals surface area contributed by atoms with Crippen LogP contribution in [0.25, 0.3) is 0 Å². The molecule has 8 atom stereocenters. The van der Waals surface area contributed by atoms with E-state index >= 15 is 0 Å². The minimum absolute atomic E-state index is 0.0716. The van der Waals surface area contributed by atoms with Crippen LogP contribution in [-0.4, -0.2) is 11.2 Å². The Hall–Kier alpha value is -0.560. The third-order valence-corrected chi connectivity index (χ3v) is 11.2. The van der Waals surface area contributed by atoms with Gasteiger partial charge in [-0.05, 0) is 111 Å². The topological polar surface area (TPSA) is 20.2 Å².